The van der Waals surface area contributed by atoms with Gasteiger partial charge in [-0.25, -0.2) is 13.4 Å². The monoisotopic (exact) mass is 346 g/mol. The van der Waals surface area contributed by atoms with Crippen LogP contribution in [0.4, 0.5) is 11.5 Å². The van der Waals surface area contributed by atoms with Crippen LogP contribution in [0, 0.1) is 0 Å². The van der Waals surface area contributed by atoms with E-state index < -0.39 is 10.0 Å². The van der Waals surface area contributed by atoms with Gasteiger partial charge in [0.25, 0.3) is 10.0 Å². The van der Waals surface area contributed by atoms with Crippen LogP contribution in [0.1, 0.15) is 5.56 Å². The summed E-state index contributed by atoms with van der Waals surface area (Å²) in [4.78, 5) is 8.17. The molecule has 0 aliphatic heterocycles. The molecule has 0 aliphatic carbocycles. The maximum Gasteiger partial charge on any atom is 0.272 e. The summed E-state index contributed by atoms with van der Waals surface area (Å²) in [6.07, 6.45) is 5.09. The van der Waals surface area contributed by atoms with Crippen LogP contribution in [0.15, 0.2) is 64.6 Å². The molecule has 0 spiro atoms. The molecule has 0 unspecified atom stereocenters. The predicted molar refractivity (Wildman–Crippen MR) is 90.9 cm³/mol. The molecule has 0 aromatic carbocycles. The van der Waals surface area contributed by atoms with Crippen molar-refractivity contribution in [3.8, 4) is 0 Å². The largest absolute Gasteiger partial charge is 0.380 e. The molecule has 3 aromatic rings. The topological polar surface area (TPSA) is 84.0 Å². The Morgan fingerprint density at radius 3 is 2.65 bits per heavy atom. The molecule has 8 heteroatoms. The van der Waals surface area contributed by atoms with Gasteiger partial charge in [0.05, 0.1) is 11.9 Å². The minimum atomic E-state index is -3.56. The van der Waals surface area contributed by atoms with Gasteiger partial charge in [0.1, 0.15) is 10.0 Å². The first kappa shape index (κ1) is 15.4. The van der Waals surface area contributed by atoms with Crippen molar-refractivity contribution in [1.29, 1.82) is 0 Å². The fourth-order valence-electron chi connectivity index (χ4n) is 1.87. The number of nitrogens with zero attached hydrogens (tertiary/aromatic N) is 2. The molecule has 3 rings (SSSR count). The number of pyridine rings is 2. The quantitative estimate of drug-likeness (QED) is 0.717. The normalized spacial score (nSPS) is 11.1. The van der Waals surface area contributed by atoms with Gasteiger partial charge in [-0.3, -0.25) is 9.71 Å². The molecular formula is C15H14N4O2S2. The van der Waals surface area contributed by atoms with Crippen molar-refractivity contribution < 1.29 is 8.42 Å². The highest BCUT2D eigenvalue weighted by molar-refractivity contribution is 7.94. The van der Waals surface area contributed by atoms with Crippen LogP contribution >= 0.6 is 11.3 Å². The van der Waals surface area contributed by atoms with Crippen molar-refractivity contribution in [1.82, 2.24) is 9.97 Å². The summed E-state index contributed by atoms with van der Waals surface area (Å²) in [5, 5.41) is 4.92. The Morgan fingerprint density at radius 1 is 1.09 bits per heavy atom. The van der Waals surface area contributed by atoms with Gasteiger partial charge in [0.2, 0.25) is 0 Å². The lowest BCUT2D eigenvalue weighted by Gasteiger charge is -2.08. The molecule has 3 aromatic heterocycles. The number of thiophene rings is 1. The molecule has 118 valence electrons. The Balaban J connectivity index is 1.63. The molecule has 6 nitrogen and oxygen atoms in total. The third kappa shape index (κ3) is 4.05. The highest BCUT2D eigenvalue weighted by atomic mass is 32.2. The van der Waals surface area contributed by atoms with Crippen LogP contribution in [0.2, 0.25) is 0 Å². The molecule has 3 heterocycles. The Hall–Kier alpha value is -2.45. The molecule has 0 radical (unpaired) electrons. The van der Waals surface area contributed by atoms with Gasteiger partial charge in [-0.2, -0.15) is 0 Å². The summed E-state index contributed by atoms with van der Waals surface area (Å²) in [6.45, 7) is 0.621. The van der Waals surface area contributed by atoms with Gasteiger partial charge >= 0.3 is 0 Å². The highest BCUT2D eigenvalue weighted by Crippen LogP contribution is 2.19. The SMILES string of the molecule is O=S(=O)(Nc1ccc(NCc2cccnc2)cn1)c1cccs1. The molecule has 2 N–H and O–H groups in total. The van der Waals surface area contributed by atoms with Gasteiger partial charge in [-0.15, -0.1) is 11.3 Å². The lowest BCUT2D eigenvalue weighted by Crippen LogP contribution is -2.12. The first-order valence-corrected chi connectivity index (χ1v) is 9.15. The number of anilines is 2. The number of hydrogen-bond donors (Lipinski definition) is 2. The lowest BCUT2D eigenvalue weighted by molar-refractivity contribution is 0.603. The Kier molecular flexibility index (Phi) is 4.54. The van der Waals surface area contributed by atoms with Crippen LogP contribution in [-0.2, 0) is 16.6 Å². The van der Waals surface area contributed by atoms with E-state index in [1.165, 1.54) is 0 Å². The van der Waals surface area contributed by atoms with Crippen molar-refractivity contribution in [3.05, 3.63) is 65.9 Å². The minimum Gasteiger partial charge on any atom is -0.380 e. The van der Waals surface area contributed by atoms with Crippen LogP contribution < -0.4 is 10.0 Å². The first-order chi connectivity index (χ1) is 11.1. The average molecular weight is 346 g/mol. The molecule has 0 fully saturated rings. The molecule has 0 saturated heterocycles. The number of hydrogen-bond acceptors (Lipinski definition) is 6. The smallest absolute Gasteiger partial charge is 0.272 e. The van der Waals surface area contributed by atoms with Crippen molar-refractivity contribution >= 4 is 32.9 Å². The standard InChI is InChI=1S/C15H14N4O2S2/c20-23(21,15-4-2-8-22-15)19-14-6-5-13(11-18-14)17-10-12-3-1-7-16-9-12/h1-9,11,17H,10H2,(H,18,19). The molecule has 23 heavy (non-hydrogen) atoms. The summed E-state index contributed by atoms with van der Waals surface area (Å²) < 4.78 is 26.9. The maximum absolute atomic E-state index is 12.1. The van der Waals surface area contributed by atoms with Crippen molar-refractivity contribution in [2.24, 2.45) is 0 Å². The lowest BCUT2D eigenvalue weighted by atomic mass is 10.3. The second-order valence-electron chi connectivity index (χ2n) is 4.68. The maximum atomic E-state index is 12.1. The van der Waals surface area contributed by atoms with E-state index in [1.54, 1.807) is 48.2 Å². The summed E-state index contributed by atoms with van der Waals surface area (Å²) in [5.41, 5.74) is 1.85. The first-order valence-electron chi connectivity index (χ1n) is 6.79. The zero-order valence-corrected chi connectivity index (χ0v) is 13.6. The Morgan fingerprint density at radius 2 is 2.00 bits per heavy atom. The summed E-state index contributed by atoms with van der Waals surface area (Å²) in [7, 11) is -3.56. The second kappa shape index (κ2) is 6.76. The predicted octanol–water partition coefficient (Wildman–Crippen LogP) is 2.95. The Bertz CT molecular complexity index is 848. The van der Waals surface area contributed by atoms with Crippen molar-refractivity contribution in [2.45, 2.75) is 10.8 Å². The van der Waals surface area contributed by atoms with E-state index in [1.807, 2.05) is 12.1 Å². The number of aromatic nitrogens is 2. The highest BCUT2D eigenvalue weighted by Gasteiger charge is 2.15. The Labute approximate surface area is 138 Å². The summed E-state index contributed by atoms with van der Waals surface area (Å²) in [5.74, 6) is 0.283. The third-order valence-electron chi connectivity index (χ3n) is 2.98. The number of sulfonamides is 1. The molecule has 0 amide bonds. The van der Waals surface area contributed by atoms with Gasteiger partial charge in [0.15, 0.2) is 0 Å². The molecule has 0 bridgehead atoms. The van der Waals surface area contributed by atoms with Crippen LogP contribution in [0.25, 0.3) is 0 Å². The molecular weight excluding hydrogens is 332 g/mol. The van der Waals surface area contributed by atoms with E-state index in [9.17, 15) is 8.42 Å². The van der Waals surface area contributed by atoms with Crippen molar-refractivity contribution in [2.75, 3.05) is 10.0 Å². The molecule has 0 aliphatic rings. The fourth-order valence-corrected chi connectivity index (χ4v) is 3.87. The average Bonchev–Trinajstić information content (AvgIpc) is 3.10. The third-order valence-corrected chi connectivity index (χ3v) is 5.73. The molecule has 0 atom stereocenters. The molecule has 0 saturated carbocycles. The van der Waals surface area contributed by atoms with Crippen LogP contribution in [0.5, 0.6) is 0 Å². The van der Waals surface area contributed by atoms with E-state index in [-0.39, 0.29) is 10.0 Å². The number of nitrogens with one attached hydrogen (secondary N) is 2. The van der Waals surface area contributed by atoms with Crippen LogP contribution in [-0.4, -0.2) is 18.4 Å². The van der Waals surface area contributed by atoms with E-state index in [0.717, 1.165) is 22.6 Å². The fraction of sp³-hybridized carbons (Fsp3) is 0.0667. The van der Waals surface area contributed by atoms with Gasteiger partial charge < -0.3 is 5.32 Å². The van der Waals surface area contributed by atoms with Gasteiger partial charge in [0, 0.05) is 18.9 Å². The van der Waals surface area contributed by atoms with Gasteiger partial charge in [-0.1, -0.05) is 12.1 Å². The van der Waals surface area contributed by atoms with E-state index in [4.69, 9.17) is 0 Å². The van der Waals surface area contributed by atoms with E-state index in [2.05, 4.69) is 20.0 Å². The van der Waals surface area contributed by atoms with Crippen LogP contribution in [0.3, 0.4) is 0 Å². The van der Waals surface area contributed by atoms with E-state index in [0.29, 0.717) is 6.54 Å². The second-order valence-corrected chi connectivity index (χ2v) is 7.54. The number of rotatable bonds is 6. The van der Waals surface area contributed by atoms with Gasteiger partial charge in [-0.05, 0) is 35.2 Å². The van der Waals surface area contributed by atoms with Crippen molar-refractivity contribution in [3.63, 3.8) is 0 Å². The zero-order chi connectivity index (χ0) is 16.1. The summed E-state index contributed by atoms with van der Waals surface area (Å²) in [6, 6.07) is 10.5. The minimum absolute atomic E-state index is 0.262. The van der Waals surface area contributed by atoms with E-state index >= 15 is 0 Å². The summed E-state index contributed by atoms with van der Waals surface area (Å²) >= 11 is 1.16. The zero-order valence-electron chi connectivity index (χ0n) is 12.0.